The fourth-order valence-corrected chi connectivity index (χ4v) is 6.07. The lowest BCUT2D eigenvalue weighted by Crippen LogP contribution is -2.50. The lowest BCUT2D eigenvalue weighted by Gasteiger charge is -2.25. The van der Waals surface area contributed by atoms with Gasteiger partial charge in [0.2, 0.25) is 10.0 Å². The third kappa shape index (κ3) is 4.50. The Bertz CT molecular complexity index is 1140. The van der Waals surface area contributed by atoms with Gasteiger partial charge in [-0.2, -0.15) is 4.72 Å². The second-order valence-corrected chi connectivity index (χ2v) is 10.5. The zero-order chi connectivity index (χ0) is 21.4. The van der Waals surface area contributed by atoms with Gasteiger partial charge in [-0.15, -0.1) is 11.6 Å². The summed E-state index contributed by atoms with van der Waals surface area (Å²) < 4.78 is 41.4. The molecule has 0 radical (unpaired) electrons. The highest BCUT2D eigenvalue weighted by molar-refractivity contribution is 7.89. The summed E-state index contributed by atoms with van der Waals surface area (Å²) in [6.07, 6.45) is 3.47. The summed E-state index contributed by atoms with van der Waals surface area (Å²) >= 11 is 13.0. The van der Waals surface area contributed by atoms with Crippen LogP contribution in [0.2, 0.25) is 0 Å². The first-order valence-electron chi connectivity index (χ1n) is 9.67. The Morgan fingerprint density at radius 2 is 2.00 bits per heavy atom. The average molecular weight is 470 g/mol. The quantitative estimate of drug-likeness (QED) is 0.404. The van der Waals surface area contributed by atoms with Crippen LogP contribution in [0.25, 0.3) is 10.9 Å². The number of hydrogen-bond donors (Lipinski definition) is 2. The maximum atomic E-state index is 13.5. The third-order valence-electron chi connectivity index (χ3n) is 5.38. The first kappa shape index (κ1) is 21.6. The van der Waals surface area contributed by atoms with Gasteiger partial charge in [0.25, 0.3) is 0 Å². The minimum absolute atomic E-state index is 0.152. The van der Waals surface area contributed by atoms with Crippen LogP contribution >= 0.6 is 23.2 Å². The molecule has 0 bridgehead atoms. The number of alkyl halides is 2. The van der Waals surface area contributed by atoms with Gasteiger partial charge < -0.3 is 4.98 Å². The summed E-state index contributed by atoms with van der Waals surface area (Å²) in [5.74, 6) is -0.259. The summed E-state index contributed by atoms with van der Waals surface area (Å²) in [7, 11) is -3.78. The summed E-state index contributed by atoms with van der Waals surface area (Å²) in [5, 5.41) is 0.314. The Hall–Kier alpha value is -1.64. The summed E-state index contributed by atoms with van der Waals surface area (Å²) in [6.45, 7) is 1.48. The standard InChI is InChI=1S/C21H22Cl2FN3O2S/c22-20-13-27(10-4-5-15-12-25-19-9-8-16(24)11-18(15)19)14-21(20,23)26-30(28,29)17-6-2-1-3-7-17/h1-3,6-9,11-12,20,25-26H,4-5,10,13-14H2. The Labute approximate surface area is 185 Å². The van der Waals surface area contributed by atoms with Gasteiger partial charge in [-0.05, 0) is 55.3 Å². The van der Waals surface area contributed by atoms with E-state index in [1.54, 1.807) is 24.3 Å². The molecule has 4 rings (SSSR count). The zero-order valence-corrected chi connectivity index (χ0v) is 18.4. The van der Waals surface area contributed by atoms with E-state index in [0.717, 1.165) is 29.3 Å². The minimum Gasteiger partial charge on any atom is -0.361 e. The molecule has 0 saturated carbocycles. The van der Waals surface area contributed by atoms with Crippen LogP contribution in [0.5, 0.6) is 0 Å². The zero-order valence-electron chi connectivity index (χ0n) is 16.1. The predicted octanol–water partition coefficient (Wildman–Crippen LogP) is 4.08. The van der Waals surface area contributed by atoms with E-state index in [0.29, 0.717) is 19.6 Å². The number of nitrogens with zero attached hydrogens (tertiary/aromatic N) is 1. The molecule has 1 aliphatic heterocycles. The molecule has 2 unspecified atom stereocenters. The van der Waals surface area contributed by atoms with Crippen LogP contribution in [0.15, 0.2) is 59.6 Å². The molecule has 2 aromatic carbocycles. The highest BCUT2D eigenvalue weighted by Gasteiger charge is 2.47. The number of fused-ring (bicyclic) bond motifs is 1. The van der Waals surface area contributed by atoms with E-state index in [4.69, 9.17) is 23.2 Å². The van der Waals surface area contributed by atoms with Crippen molar-refractivity contribution in [2.75, 3.05) is 19.6 Å². The number of benzene rings is 2. The van der Waals surface area contributed by atoms with Crippen LogP contribution in [0.3, 0.4) is 0 Å². The Kier molecular flexibility index (Phi) is 6.10. The number of halogens is 3. The monoisotopic (exact) mass is 469 g/mol. The molecule has 30 heavy (non-hydrogen) atoms. The van der Waals surface area contributed by atoms with Crippen molar-refractivity contribution in [3.05, 3.63) is 66.1 Å². The lowest BCUT2D eigenvalue weighted by molar-refractivity contribution is 0.322. The van der Waals surface area contributed by atoms with Crippen molar-refractivity contribution in [3.8, 4) is 0 Å². The molecule has 0 amide bonds. The first-order chi connectivity index (χ1) is 14.3. The van der Waals surface area contributed by atoms with Crippen molar-refractivity contribution in [2.45, 2.75) is 28.1 Å². The maximum Gasteiger partial charge on any atom is 0.242 e. The third-order valence-corrected chi connectivity index (χ3v) is 8.11. The van der Waals surface area contributed by atoms with Gasteiger partial charge in [0.1, 0.15) is 10.8 Å². The Morgan fingerprint density at radius 3 is 2.77 bits per heavy atom. The Morgan fingerprint density at radius 1 is 1.23 bits per heavy atom. The Balaban J connectivity index is 1.37. The van der Waals surface area contributed by atoms with Gasteiger partial charge in [-0.25, -0.2) is 12.8 Å². The molecule has 0 spiro atoms. The van der Waals surface area contributed by atoms with E-state index in [1.807, 2.05) is 11.1 Å². The predicted molar refractivity (Wildman–Crippen MR) is 118 cm³/mol. The van der Waals surface area contributed by atoms with E-state index >= 15 is 0 Å². The van der Waals surface area contributed by atoms with Crippen LogP contribution in [-0.4, -0.2) is 48.3 Å². The van der Waals surface area contributed by atoms with Gasteiger partial charge in [0.05, 0.1) is 10.3 Å². The molecule has 2 heterocycles. The molecule has 1 aliphatic rings. The van der Waals surface area contributed by atoms with Crippen molar-refractivity contribution >= 4 is 44.1 Å². The van der Waals surface area contributed by atoms with Gasteiger partial charge in [0, 0.05) is 30.2 Å². The number of aryl methyl sites for hydroxylation is 1. The summed E-state index contributed by atoms with van der Waals surface area (Å²) in [5.41, 5.74) is 1.96. The first-order valence-corrected chi connectivity index (χ1v) is 12.0. The van der Waals surface area contributed by atoms with E-state index in [2.05, 4.69) is 9.71 Å². The highest BCUT2D eigenvalue weighted by atomic mass is 35.5. The van der Waals surface area contributed by atoms with Crippen molar-refractivity contribution in [1.82, 2.24) is 14.6 Å². The fraction of sp³-hybridized carbons (Fsp3) is 0.333. The van der Waals surface area contributed by atoms with Crippen molar-refractivity contribution in [1.29, 1.82) is 0 Å². The number of sulfonamides is 1. The number of nitrogens with one attached hydrogen (secondary N) is 2. The van der Waals surface area contributed by atoms with E-state index in [1.165, 1.54) is 24.3 Å². The van der Waals surface area contributed by atoms with E-state index in [-0.39, 0.29) is 10.7 Å². The van der Waals surface area contributed by atoms with Crippen molar-refractivity contribution in [3.63, 3.8) is 0 Å². The molecule has 0 aliphatic carbocycles. The largest absolute Gasteiger partial charge is 0.361 e. The van der Waals surface area contributed by atoms with Gasteiger partial charge in [-0.3, -0.25) is 4.90 Å². The van der Waals surface area contributed by atoms with Crippen LogP contribution < -0.4 is 4.72 Å². The number of H-pyrrole nitrogens is 1. The smallest absolute Gasteiger partial charge is 0.242 e. The SMILES string of the molecule is O=S(=O)(NC1(Cl)CN(CCCc2c[nH]c3ccc(F)cc23)CC1Cl)c1ccccc1. The number of rotatable bonds is 7. The molecule has 1 aromatic heterocycles. The molecule has 3 aromatic rings. The second-order valence-electron chi connectivity index (χ2n) is 7.59. The highest BCUT2D eigenvalue weighted by Crippen LogP contribution is 2.32. The summed E-state index contributed by atoms with van der Waals surface area (Å²) in [6, 6.07) is 12.8. The van der Waals surface area contributed by atoms with E-state index in [9.17, 15) is 12.8 Å². The number of aromatic nitrogens is 1. The molecule has 2 atom stereocenters. The van der Waals surface area contributed by atoms with Gasteiger partial charge in [-0.1, -0.05) is 29.8 Å². The van der Waals surface area contributed by atoms with Crippen molar-refractivity contribution < 1.29 is 12.8 Å². The molecular formula is C21H22Cl2FN3O2S. The lowest BCUT2D eigenvalue weighted by atomic mass is 10.1. The van der Waals surface area contributed by atoms with Gasteiger partial charge in [0.15, 0.2) is 0 Å². The van der Waals surface area contributed by atoms with Crippen molar-refractivity contribution in [2.24, 2.45) is 0 Å². The second kappa shape index (κ2) is 8.48. The molecule has 160 valence electrons. The number of likely N-dealkylation sites (tertiary alicyclic amines) is 1. The minimum atomic E-state index is -3.78. The van der Waals surface area contributed by atoms with E-state index < -0.39 is 20.4 Å². The summed E-state index contributed by atoms with van der Waals surface area (Å²) in [4.78, 5) is 4.08. The van der Waals surface area contributed by atoms with Crippen LogP contribution in [-0.2, 0) is 16.4 Å². The topological polar surface area (TPSA) is 65.2 Å². The number of hydrogen-bond acceptors (Lipinski definition) is 3. The number of aromatic amines is 1. The molecule has 5 nitrogen and oxygen atoms in total. The molecule has 1 saturated heterocycles. The average Bonchev–Trinajstić information content (AvgIpc) is 3.22. The molecular weight excluding hydrogens is 448 g/mol. The molecule has 9 heteroatoms. The van der Waals surface area contributed by atoms with Crippen LogP contribution in [0.1, 0.15) is 12.0 Å². The molecule has 1 fully saturated rings. The maximum absolute atomic E-state index is 13.5. The van der Waals surface area contributed by atoms with Crippen LogP contribution in [0, 0.1) is 5.82 Å². The van der Waals surface area contributed by atoms with Gasteiger partial charge >= 0.3 is 0 Å². The normalized spacial score (nSPS) is 22.7. The van der Waals surface area contributed by atoms with Crippen LogP contribution in [0.4, 0.5) is 4.39 Å². The molecule has 2 N–H and O–H groups in total. The fourth-order valence-electron chi connectivity index (χ4n) is 3.86.